The Kier molecular flexibility index (Phi) is 6.04. The molecule has 0 aromatic heterocycles. The van der Waals surface area contributed by atoms with Gasteiger partial charge in [-0.15, -0.1) is 0 Å². The minimum atomic E-state index is -0.613. The maximum absolute atomic E-state index is 12.3. The highest BCUT2D eigenvalue weighted by molar-refractivity contribution is 9.10. The van der Waals surface area contributed by atoms with E-state index in [1.165, 1.54) is 4.90 Å². The molecule has 1 atom stereocenters. The van der Waals surface area contributed by atoms with Gasteiger partial charge in [0, 0.05) is 28.0 Å². The number of hydrazine groups is 1. The predicted molar refractivity (Wildman–Crippen MR) is 107 cm³/mol. The Bertz CT molecular complexity index is 905. The van der Waals surface area contributed by atoms with Crippen molar-refractivity contribution in [1.82, 2.24) is 10.9 Å². The first kappa shape index (κ1) is 19.7. The van der Waals surface area contributed by atoms with Crippen molar-refractivity contribution in [3.8, 4) is 0 Å². The lowest BCUT2D eigenvalue weighted by Crippen LogP contribution is -2.45. The molecule has 0 spiro atoms. The summed E-state index contributed by atoms with van der Waals surface area (Å²) < 4.78 is 0.840. The number of anilines is 1. The number of nitrogens with one attached hydrogen (secondary N) is 2. The molecule has 3 rings (SSSR count). The number of hydrogen-bond donors (Lipinski definition) is 2. The molecule has 27 heavy (non-hydrogen) atoms. The second-order valence-electron chi connectivity index (χ2n) is 5.95. The van der Waals surface area contributed by atoms with E-state index in [-0.39, 0.29) is 18.9 Å². The van der Waals surface area contributed by atoms with Gasteiger partial charge in [0.15, 0.2) is 0 Å². The number of rotatable bonds is 3. The summed E-state index contributed by atoms with van der Waals surface area (Å²) in [5, 5.41) is 0.814. The van der Waals surface area contributed by atoms with Crippen LogP contribution in [0.4, 0.5) is 5.69 Å². The number of amides is 3. The van der Waals surface area contributed by atoms with Gasteiger partial charge in [-0.3, -0.25) is 25.2 Å². The molecule has 140 valence electrons. The van der Waals surface area contributed by atoms with E-state index in [1.54, 1.807) is 42.5 Å². The highest BCUT2D eigenvalue weighted by Crippen LogP contribution is 2.33. The van der Waals surface area contributed by atoms with E-state index in [0.29, 0.717) is 21.3 Å². The molecule has 1 fully saturated rings. The van der Waals surface area contributed by atoms with Crippen LogP contribution in [-0.4, -0.2) is 24.3 Å². The number of halogens is 3. The van der Waals surface area contributed by atoms with Gasteiger partial charge in [0.1, 0.15) is 0 Å². The van der Waals surface area contributed by atoms with Crippen LogP contribution < -0.4 is 15.8 Å². The first-order valence-electron chi connectivity index (χ1n) is 7.96. The Morgan fingerprint density at radius 3 is 2.48 bits per heavy atom. The van der Waals surface area contributed by atoms with Crippen molar-refractivity contribution < 1.29 is 14.4 Å². The number of nitrogens with zero attached hydrogens (tertiary/aromatic N) is 1. The van der Waals surface area contributed by atoms with E-state index < -0.39 is 17.7 Å². The van der Waals surface area contributed by atoms with E-state index in [2.05, 4.69) is 26.8 Å². The van der Waals surface area contributed by atoms with E-state index in [0.717, 1.165) is 4.47 Å². The lowest BCUT2D eigenvalue weighted by molar-refractivity contribution is -0.126. The second-order valence-corrected chi connectivity index (χ2v) is 7.71. The molecule has 2 aromatic rings. The maximum atomic E-state index is 12.3. The molecule has 0 saturated carbocycles. The Balaban J connectivity index is 1.61. The largest absolute Gasteiger partial charge is 0.310 e. The van der Waals surface area contributed by atoms with Gasteiger partial charge in [0.25, 0.3) is 5.91 Å². The predicted octanol–water partition coefficient (Wildman–Crippen LogP) is 3.57. The maximum Gasteiger partial charge on any atom is 0.269 e. The topological polar surface area (TPSA) is 78.5 Å². The summed E-state index contributed by atoms with van der Waals surface area (Å²) >= 11 is 15.4. The molecule has 0 radical (unpaired) electrons. The summed E-state index contributed by atoms with van der Waals surface area (Å²) in [6, 6.07) is 11.5. The van der Waals surface area contributed by atoms with Crippen molar-refractivity contribution in [2.45, 2.75) is 6.42 Å². The lowest BCUT2D eigenvalue weighted by atomic mass is 10.1. The van der Waals surface area contributed by atoms with E-state index >= 15 is 0 Å². The fourth-order valence-corrected chi connectivity index (χ4v) is 3.35. The average molecular weight is 471 g/mol. The standard InChI is InChI=1S/C18H14BrCl2N3O3/c19-12-3-1-10(2-4-12)17(26)22-23-18(27)11-7-16(25)24(9-11)15-8-13(20)5-6-14(15)21/h1-6,8,11H,7,9H2,(H,22,26)(H,23,27)/t11-/m0/s1. The molecule has 1 saturated heterocycles. The second kappa shape index (κ2) is 8.29. The van der Waals surface area contributed by atoms with E-state index in [9.17, 15) is 14.4 Å². The van der Waals surface area contributed by atoms with Gasteiger partial charge < -0.3 is 4.90 Å². The summed E-state index contributed by atoms with van der Waals surface area (Å²) in [5.41, 5.74) is 5.58. The average Bonchev–Trinajstić information content (AvgIpc) is 3.03. The van der Waals surface area contributed by atoms with Gasteiger partial charge in [-0.05, 0) is 42.5 Å². The first-order chi connectivity index (χ1) is 12.8. The van der Waals surface area contributed by atoms with Crippen molar-refractivity contribution in [3.63, 3.8) is 0 Å². The molecule has 6 nitrogen and oxygen atoms in total. The zero-order valence-electron chi connectivity index (χ0n) is 13.8. The highest BCUT2D eigenvalue weighted by Gasteiger charge is 2.36. The van der Waals surface area contributed by atoms with Gasteiger partial charge in [-0.2, -0.15) is 0 Å². The van der Waals surface area contributed by atoms with Gasteiger partial charge in [-0.25, -0.2) is 0 Å². The van der Waals surface area contributed by atoms with Crippen LogP contribution in [0.25, 0.3) is 0 Å². The molecule has 0 unspecified atom stereocenters. The van der Waals surface area contributed by atoms with Crippen molar-refractivity contribution in [3.05, 3.63) is 62.5 Å². The van der Waals surface area contributed by atoms with Crippen LogP contribution in [0.3, 0.4) is 0 Å². The minimum absolute atomic E-state index is 0.0167. The van der Waals surface area contributed by atoms with Crippen LogP contribution in [0.5, 0.6) is 0 Å². The number of carbonyl (C=O) groups excluding carboxylic acids is 3. The first-order valence-corrected chi connectivity index (χ1v) is 9.51. The van der Waals surface area contributed by atoms with Gasteiger partial charge >= 0.3 is 0 Å². The van der Waals surface area contributed by atoms with Crippen molar-refractivity contribution in [2.24, 2.45) is 5.92 Å². The number of hydrogen-bond acceptors (Lipinski definition) is 3. The van der Waals surface area contributed by atoms with Crippen molar-refractivity contribution >= 4 is 62.5 Å². The summed E-state index contributed by atoms with van der Waals surface area (Å²) in [6.45, 7) is 0.152. The molecule has 2 aromatic carbocycles. The zero-order valence-corrected chi connectivity index (χ0v) is 16.9. The summed E-state index contributed by atoms with van der Waals surface area (Å²) in [7, 11) is 0. The third-order valence-electron chi connectivity index (χ3n) is 4.10. The van der Waals surface area contributed by atoms with Gasteiger partial charge in [-0.1, -0.05) is 39.1 Å². The van der Waals surface area contributed by atoms with Crippen LogP contribution in [0.15, 0.2) is 46.9 Å². The lowest BCUT2D eigenvalue weighted by Gasteiger charge is -2.18. The Morgan fingerprint density at radius 2 is 1.78 bits per heavy atom. The Hall–Kier alpha value is -2.09. The third kappa shape index (κ3) is 4.61. The third-order valence-corrected chi connectivity index (χ3v) is 5.18. The minimum Gasteiger partial charge on any atom is -0.310 e. The van der Waals surface area contributed by atoms with Crippen LogP contribution in [-0.2, 0) is 9.59 Å². The molecule has 1 heterocycles. The number of carbonyl (C=O) groups is 3. The fraction of sp³-hybridized carbons (Fsp3) is 0.167. The summed E-state index contributed by atoms with van der Waals surface area (Å²) in [5.74, 6) is -1.75. The smallest absolute Gasteiger partial charge is 0.269 e. The van der Waals surface area contributed by atoms with Crippen molar-refractivity contribution in [2.75, 3.05) is 11.4 Å². The van der Waals surface area contributed by atoms with Gasteiger partial charge in [0.05, 0.1) is 16.6 Å². The van der Waals surface area contributed by atoms with E-state index in [1.807, 2.05) is 0 Å². The molecular weight excluding hydrogens is 457 g/mol. The molecular formula is C18H14BrCl2N3O3. The molecule has 0 aliphatic carbocycles. The molecule has 9 heteroatoms. The highest BCUT2D eigenvalue weighted by atomic mass is 79.9. The Labute approximate surface area is 173 Å². The fourth-order valence-electron chi connectivity index (χ4n) is 2.70. The zero-order chi connectivity index (χ0) is 19.6. The number of benzene rings is 2. The summed E-state index contributed by atoms with van der Waals surface area (Å²) in [4.78, 5) is 38.1. The molecule has 1 aliphatic rings. The van der Waals surface area contributed by atoms with Crippen molar-refractivity contribution in [1.29, 1.82) is 0 Å². The van der Waals surface area contributed by atoms with Crippen LogP contribution >= 0.6 is 39.1 Å². The van der Waals surface area contributed by atoms with Gasteiger partial charge in [0.2, 0.25) is 11.8 Å². The normalized spacial score (nSPS) is 16.3. The molecule has 1 aliphatic heterocycles. The SMILES string of the molecule is O=C(NNC(=O)[C@H]1CC(=O)N(c2cc(Cl)ccc2Cl)C1)c1ccc(Br)cc1. The van der Waals surface area contributed by atoms with Crippen LogP contribution in [0.1, 0.15) is 16.8 Å². The molecule has 0 bridgehead atoms. The Morgan fingerprint density at radius 1 is 1.07 bits per heavy atom. The quantitative estimate of drug-likeness (QED) is 0.673. The van der Waals surface area contributed by atoms with Crippen LogP contribution in [0.2, 0.25) is 10.0 Å². The monoisotopic (exact) mass is 469 g/mol. The summed E-state index contributed by atoms with van der Waals surface area (Å²) in [6.07, 6.45) is 0.0167. The van der Waals surface area contributed by atoms with E-state index in [4.69, 9.17) is 23.2 Å². The molecule has 2 N–H and O–H groups in total. The van der Waals surface area contributed by atoms with Crippen LogP contribution in [0, 0.1) is 5.92 Å². The molecule has 3 amide bonds.